The number of carbonyl (C=O) groups is 3. The molecule has 2 aromatic rings. The highest BCUT2D eigenvalue weighted by molar-refractivity contribution is 9.10. The molecule has 134 valence electrons. The van der Waals surface area contributed by atoms with Crippen molar-refractivity contribution in [2.75, 3.05) is 11.9 Å². The van der Waals surface area contributed by atoms with Gasteiger partial charge in [-0.05, 0) is 61.7 Å². The van der Waals surface area contributed by atoms with Gasteiger partial charge in [0, 0.05) is 23.1 Å². The van der Waals surface area contributed by atoms with E-state index in [1.54, 1.807) is 18.2 Å². The summed E-state index contributed by atoms with van der Waals surface area (Å²) >= 11 is 3.31. The predicted octanol–water partition coefficient (Wildman–Crippen LogP) is 4.08. The normalized spacial score (nSPS) is 13.1. The maximum absolute atomic E-state index is 12.4. The molecular weight excluding hydrogens is 396 g/mol. The van der Waals surface area contributed by atoms with E-state index in [1.165, 1.54) is 10.5 Å². The fourth-order valence-electron chi connectivity index (χ4n) is 2.91. The van der Waals surface area contributed by atoms with Crippen molar-refractivity contribution in [1.29, 1.82) is 0 Å². The van der Waals surface area contributed by atoms with Crippen molar-refractivity contribution in [3.63, 3.8) is 0 Å². The first-order chi connectivity index (χ1) is 12.4. The second kappa shape index (κ2) is 7.41. The average molecular weight is 415 g/mol. The van der Waals surface area contributed by atoms with Gasteiger partial charge in [-0.3, -0.25) is 19.3 Å². The maximum Gasteiger partial charge on any atom is 0.261 e. The van der Waals surface area contributed by atoms with Crippen molar-refractivity contribution in [1.82, 2.24) is 4.90 Å². The molecule has 0 spiro atoms. The predicted molar refractivity (Wildman–Crippen MR) is 103 cm³/mol. The second-order valence-corrected chi connectivity index (χ2v) is 7.32. The number of fused-ring (bicyclic) bond motifs is 1. The van der Waals surface area contributed by atoms with E-state index >= 15 is 0 Å². The topological polar surface area (TPSA) is 66.5 Å². The fourth-order valence-corrected chi connectivity index (χ4v) is 3.27. The molecule has 1 aliphatic rings. The first kappa shape index (κ1) is 18.3. The van der Waals surface area contributed by atoms with Crippen LogP contribution in [0.4, 0.5) is 5.69 Å². The lowest BCUT2D eigenvalue weighted by Crippen LogP contribution is -2.31. The van der Waals surface area contributed by atoms with E-state index in [4.69, 9.17) is 0 Å². The Morgan fingerprint density at radius 2 is 1.73 bits per heavy atom. The van der Waals surface area contributed by atoms with Gasteiger partial charge in [0.2, 0.25) is 5.91 Å². The van der Waals surface area contributed by atoms with Crippen molar-refractivity contribution in [3.8, 4) is 0 Å². The summed E-state index contributed by atoms with van der Waals surface area (Å²) in [5.41, 5.74) is 3.85. The minimum atomic E-state index is -0.305. The number of carbonyl (C=O) groups excluding carboxylic acids is 3. The van der Waals surface area contributed by atoms with Crippen LogP contribution in [-0.2, 0) is 4.79 Å². The van der Waals surface area contributed by atoms with Crippen LogP contribution in [0, 0.1) is 13.8 Å². The molecule has 0 fully saturated rings. The van der Waals surface area contributed by atoms with Gasteiger partial charge >= 0.3 is 0 Å². The molecule has 0 bridgehead atoms. The van der Waals surface area contributed by atoms with E-state index in [9.17, 15) is 14.4 Å². The van der Waals surface area contributed by atoms with Crippen LogP contribution < -0.4 is 5.32 Å². The highest BCUT2D eigenvalue weighted by Crippen LogP contribution is 2.26. The van der Waals surface area contributed by atoms with Gasteiger partial charge in [-0.25, -0.2) is 0 Å². The SMILES string of the molecule is Cc1ccc(NC(=O)CCCN2C(=O)c3ccc(Br)cc3C2=O)cc1C. The summed E-state index contributed by atoms with van der Waals surface area (Å²) in [5.74, 6) is -0.736. The van der Waals surface area contributed by atoms with E-state index in [0.717, 1.165) is 15.7 Å². The zero-order chi connectivity index (χ0) is 18.8. The molecule has 3 amide bonds. The monoisotopic (exact) mass is 414 g/mol. The van der Waals surface area contributed by atoms with E-state index in [0.29, 0.717) is 17.5 Å². The van der Waals surface area contributed by atoms with Crippen molar-refractivity contribution in [2.24, 2.45) is 0 Å². The zero-order valence-electron chi connectivity index (χ0n) is 14.6. The van der Waals surface area contributed by atoms with Crippen molar-refractivity contribution < 1.29 is 14.4 Å². The van der Waals surface area contributed by atoms with Crippen molar-refractivity contribution in [2.45, 2.75) is 26.7 Å². The lowest BCUT2D eigenvalue weighted by atomic mass is 10.1. The van der Waals surface area contributed by atoms with Gasteiger partial charge in [0.25, 0.3) is 11.8 Å². The molecule has 26 heavy (non-hydrogen) atoms. The highest BCUT2D eigenvalue weighted by atomic mass is 79.9. The number of rotatable bonds is 5. The molecule has 0 unspecified atom stereocenters. The number of nitrogens with zero attached hydrogens (tertiary/aromatic N) is 1. The van der Waals surface area contributed by atoms with E-state index in [1.807, 2.05) is 32.0 Å². The Hall–Kier alpha value is -2.47. The molecule has 0 radical (unpaired) electrons. The Balaban J connectivity index is 1.55. The number of halogens is 1. The van der Waals surface area contributed by atoms with Gasteiger partial charge in [0.1, 0.15) is 0 Å². The molecule has 0 atom stereocenters. The number of imide groups is 1. The van der Waals surface area contributed by atoms with Gasteiger partial charge < -0.3 is 5.32 Å². The third-order valence-electron chi connectivity index (χ3n) is 4.51. The van der Waals surface area contributed by atoms with Crippen LogP contribution >= 0.6 is 15.9 Å². The first-order valence-corrected chi connectivity index (χ1v) is 9.19. The van der Waals surface area contributed by atoms with Gasteiger partial charge in [-0.2, -0.15) is 0 Å². The minimum Gasteiger partial charge on any atom is -0.326 e. The Labute approximate surface area is 160 Å². The largest absolute Gasteiger partial charge is 0.326 e. The summed E-state index contributed by atoms with van der Waals surface area (Å²) in [6, 6.07) is 10.8. The Bertz CT molecular complexity index is 908. The smallest absolute Gasteiger partial charge is 0.261 e. The van der Waals surface area contributed by atoms with Crippen LogP contribution in [0.5, 0.6) is 0 Å². The van der Waals surface area contributed by atoms with Crippen molar-refractivity contribution in [3.05, 3.63) is 63.1 Å². The number of hydrogen-bond acceptors (Lipinski definition) is 3. The molecule has 0 aromatic heterocycles. The van der Waals surface area contributed by atoms with Gasteiger partial charge in [-0.1, -0.05) is 22.0 Å². The fraction of sp³-hybridized carbons (Fsp3) is 0.250. The van der Waals surface area contributed by atoms with E-state index < -0.39 is 0 Å². The number of aryl methyl sites for hydroxylation is 2. The number of anilines is 1. The molecule has 1 aliphatic heterocycles. The molecule has 3 rings (SSSR count). The van der Waals surface area contributed by atoms with E-state index in [2.05, 4.69) is 21.2 Å². The van der Waals surface area contributed by atoms with Crippen LogP contribution in [0.15, 0.2) is 40.9 Å². The number of amides is 3. The molecule has 0 saturated heterocycles. The average Bonchev–Trinajstić information content (AvgIpc) is 2.82. The Morgan fingerprint density at radius 1 is 1.00 bits per heavy atom. The maximum atomic E-state index is 12.4. The van der Waals surface area contributed by atoms with Crippen LogP contribution in [0.2, 0.25) is 0 Å². The Morgan fingerprint density at radius 3 is 2.46 bits per heavy atom. The minimum absolute atomic E-state index is 0.132. The zero-order valence-corrected chi connectivity index (χ0v) is 16.2. The summed E-state index contributed by atoms with van der Waals surface area (Å²) < 4.78 is 0.756. The molecular formula is C20H19BrN2O3. The van der Waals surface area contributed by atoms with E-state index in [-0.39, 0.29) is 30.7 Å². The Kier molecular flexibility index (Phi) is 5.23. The van der Waals surface area contributed by atoms with Crippen LogP contribution in [-0.4, -0.2) is 29.2 Å². The number of benzene rings is 2. The summed E-state index contributed by atoms with van der Waals surface area (Å²) in [6.45, 7) is 4.23. The molecule has 1 heterocycles. The summed E-state index contributed by atoms with van der Waals surface area (Å²) in [7, 11) is 0. The van der Waals surface area contributed by atoms with Gasteiger partial charge in [0.15, 0.2) is 0 Å². The van der Waals surface area contributed by atoms with Crippen LogP contribution in [0.3, 0.4) is 0 Å². The molecule has 6 heteroatoms. The summed E-state index contributed by atoms with van der Waals surface area (Å²) in [5, 5.41) is 2.85. The molecule has 1 N–H and O–H groups in total. The number of hydrogen-bond donors (Lipinski definition) is 1. The lowest BCUT2D eigenvalue weighted by molar-refractivity contribution is -0.116. The molecule has 0 saturated carbocycles. The second-order valence-electron chi connectivity index (χ2n) is 6.40. The third-order valence-corrected chi connectivity index (χ3v) is 5.00. The molecule has 0 aliphatic carbocycles. The quantitative estimate of drug-likeness (QED) is 0.749. The van der Waals surface area contributed by atoms with Crippen LogP contribution in [0.1, 0.15) is 44.7 Å². The first-order valence-electron chi connectivity index (χ1n) is 8.39. The highest BCUT2D eigenvalue weighted by Gasteiger charge is 2.35. The molecule has 5 nitrogen and oxygen atoms in total. The summed E-state index contributed by atoms with van der Waals surface area (Å²) in [4.78, 5) is 38.0. The van der Waals surface area contributed by atoms with Gasteiger partial charge in [0.05, 0.1) is 11.1 Å². The molecule has 2 aromatic carbocycles. The number of nitrogens with one attached hydrogen (secondary N) is 1. The third kappa shape index (κ3) is 3.70. The van der Waals surface area contributed by atoms with Crippen molar-refractivity contribution >= 4 is 39.3 Å². The lowest BCUT2D eigenvalue weighted by Gasteiger charge is -2.13. The van der Waals surface area contributed by atoms with Gasteiger partial charge in [-0.15, -0.1) is 0 Å². The standard InChI is InChI=1S/C20H19BrN2O3/c1-12-5-7-15(10-13(12)2)22-18(24)4-3-9-23-19(25)16-8-6-14(21)11-17(16)20(23)26/h5-8,10-11H,3-4,9H2,1-2H3,(H,22,24). The van der Waals surface area contributed by atoms with Crippen LogP contribution in [0.25, 0.3) is 0 Å². The summed E-state index contributed by atoms with van der Waals surface area (Å²) in [6.07, 6.45) is 0.660.